The summed E-state index contributed by atoms with van der Waals surface area (Å²) in [5, 5.41) is 8.91. The van der Waals surface area contributed by atoms with Gasteiger partial charge in [0.05, 0.1) is 35.7 Å². The number of carbonyl (C=O) groups excluding carboxylic acids is 1. The van der Waals surface area contributed by atoms with Gasteiger partial charge < -0.3 is 10.5 Å². The van der Waals surface area contributed by atoms with Crippen molar-refractivity contribution in [2.75, 3.05) is 17.6 Å². The summed E-state index contributed by atoms with van der Waals surface area (Å²) in [5.41, 5.74) is 6.32. The lowest BCUT2D eigenvalue weighted by Gasteiger charge is -2.12. The predicted octanol–water partition coefficient (Wildman–Crippen LogP) is 2.49. The number of rotatable bonds is 4. The second kappa shape index (κ2) is 6.90. The summed E-state index contributed by atoms with van der Waals surface area (Å²) in [4.78, 5) is 11.4. The Hall–Kier alpha value is -2.57. The van der Waals surface area contributed by atoms with Crippen LogP contribution in [0.15, 0.2) is 45.8 Å². The first-order valence-corrected chi connectivity index (χ1v) is 8.76. The quantitative estimate of drug-likeness (QED) is 0.590. The van der Waals surface area contributed by atoms with Gasteiger partial charge in [-0.05, 0) is 52.3 Å². The van der Waals surface area contributed by atoms with Gasteiger partial charge in [-0.15, -0.1) is 0 Å². The first kappa shape index (κ1) is 17.8. The van der Waals surface area contributed by atoms with Crippen LogP contribution in [0.3, 0.4) is 0 Å². The summed E-state index contributed by atoms with van der Waals surface area (Å²) in [7, 11) is -2.85. The lowest BCUT2D eigenvalue weighted by molar-refractivity contribution is 0.0600. The number of anilines is 2. The second-order valence-electron chi connectivity index (χ2n) is 4.66. The number of ether oxygens (including phenoxy) is 1. The number of nitrogens with zero attached hydrogens (tertiary/aromatic N) is 1. The fraction of sp³-hybridized carbons (Fsp3) is 0.0667. The van der Waals surface area contributed by atoms with E-state index in [0.717, 1.165) is 0 Å². The van der Waals surface area contributed by atoms with E-state index < -0.39 is 16.0 Å². The van der Waals surface area contributed by atoms with E-state index in [4.69, 9.17) is 11.0 Å². The molecule has 0 unspecified atom stereocenters. The molecule has 2 rings (SSSR count). The number of hydrogen-bond acceptors (Lipinski definition) is 6. The van der Waals surface area contributed by atoms with Crippen molar-refractivity contribution >= 4 is 43.3 Å². The molecule has 0 aliphatic heterocycles. The molecule has 0 saturated carbocycles. The first-order chi connectivity index (χ1) is 11.3. The molecule has 0 aromatic heterocycles. The summed E-state index contributed by atoms with van der Waals surface area (Å²) in [6.45, 7) is 0. The number of benzene rings is 2. The molecule has 9 heteroatoms. The average molecular weight is 410 g/mol. The van der Waals surface area contributed by atoms with Crippen LogP contribution in [-0.2, 0) is 14.8 Å². The number of halogens is 1. The average Bonchev–Trinajstić information content (AvgIpc) is 2.56. The van der Waals surface area contributed by atoms with Gasteiger partial charge in [0, 0.05) is 4.47 Å². The van der Waals surface area contributed by atoms with Crippen LogP contribution in [0.25, 0.3) is 0 Å². The number of nitriles is 1. The number of nitrogens with one attached hydrogen (secondary N) is 1. The molecule has 0 saturated heterocycles. The second-order valence-corrected chi connectivity index (χ2v) is 7.16. The van der Waals surface area contributed by atoms with Crippen molar-refractivity contribution in [2.24, 2.45) is 0 Å². The highest BCUT2D eigenvalue weighted by molar-refractivity contribution is 9.10. The molecule has 2 aromatic carbocycles. The molecule has 0 aliphatic rings. The summed E-state index contributed by atoms with van der Waals surface area (Å²) in [5.74, 6) is -0.662. The Morgan fingerprint density at radius 2 is 2.00 bits per heavy atom. The molecular formula is C15H12BrN3O4S. The molecule has 3 N–H and O–H groups in total. The SMILES string of the molecule is COC(=O)c1ccc(Br)c(S(=O)(=O)Nc2cc(C#N)ccc2N)c1. The minimum Gasteiger partial charge on any atom is -0.465 e. The van der Waals surface area contributed by atoms with Crippen molar-refractivity contribution in [2.45, 2.75) is 4.90 Å². The minimum absolute atomic E-state index is 0.0735. The van der Waals surface area contributed by atoms with Crippen molar-refractivity contribution < 1.29 is 17.9 Å². The maximum Gasteiger partial charge on any atom is 0.337 e. The summed E-state index contributed by atoms with van der Waals surface area (Å²) in [6.07, 6.45) is 0. The molecule has 7 nitrogen and oxygen atoms in total. The molecule has 0 spiro atoms. The fourth-order valence-electron chi connectivity index (χ4n) is 1.87. The van der Waals surface area contributed by atoms with Gasteiger partial charge in [-0.25, -0.2) is 13.2 Å². The van der Waals surface area contributed by atoms with E-state index in [-0.39, 0.29) is 31.9 Å². The molecule has 24 heavy (non-hydrogen) atoms. The Bertz CT molecular complexity index is 952. The maximum atomic E-state index is 12.6. The Balaban J connectivity index is 2.48. The molecule has 0 fully saturated rings. The largest absolute Gasteiger partial charge is 0.465 e. The Morgan fingerprint density at radius 1 is 1.29 bits per heavy atom. The number of sulfonamides is 1. The van der Waals surface area contributed by atoms with Gasteiger partial charge >= 0.3 is 5.97 Å². The van der Waals surface area contributed by atoms with Crippen LogP contribution in [0.2, 0.25) is 0 Å². The van der Waals surface area contributed by atoms with Gasteiger partial charge in [-0.2, -0.15) is 5.26 Å². The Kier molecular flexibility index (Phi) is 5.11. The summed E-state index contributed by atoms with van der Waals surface area (Å²) < 4.78 is 32.4. The molecule has 0 atom stereocenters. The van der Waals surface area contributed by atoms with Crippen LogP contribution in [0.1, 0.15) is 15.9 Å². The Morgan fingerprint density at radius 3 is 2.62 bits per heavy atom. The van der Waals surface area contributed by atoms with Crippen molar-refractivity contribution in [3.63, 3.8) is 0 Å². The third-order valence-electron chi connectivity index (χ3n) is 3.07. The number of nitrogen functional groups attached to an aromatic ring is 1. The summed E-state index contributed by atoms with van der Waals surface area (Å²) in [6, 6.07) is 10.2. The topological polar surface area (TPSA) is 122 Å². The molecule has 0 aliphatic carbocycles. The molecule has 0 amide bonds. The maximum absolute atomic E-state index is 12.6. The van der Waals surface area contributed by atoms with E-state index in [1.165, 1.54) is 43.5 Å². The van der Waals surface area contributed by atoms with Crippen LogP contribution >= 0.6 is 15.9 Å². The predicted molar refractivity (Wildman–Crippen MR) is 91.9 cm³/mol. The van der Waals surface area contributed by atoms with Gasteiger partial charge in [0.2, 0.25) is 0 Å². The van der Waals surface area contributed by atoms with Crippen LogP contribution in [-0.4, -0.2) is 21.5 Å². The molecule has 2 aromatic rings. The number of carbonyl (C=O) groups is 1. The molecule has 124 valence electrons. The zero-order valence-corrected chi connectivity index (χ0v) is 14.8. The van der Waals surface area contributed by atoms with Gasteiger partial charge in [-0.3, -0.25) is 4.72 Å². The lowest BCUT2D eigenvalue weighted by Crippen LogP contribution is -2.16. The summed E-state index contributed by atoms with van der Waals surface area (Å²) >= 11 is 3.14. The third-order valence-corrected chi connectivity index (χ3v) is 5.43. The van der Waals surface area contributed by atoms with E-state index >= 15 is 0 Å². The monoisotopic (exact) mass is 409 g/mol. The van der Waals surface area contributed by atoms with E-state index in [2.05, 4.69) is 25.4 Å². The number of methoxy groups -OCH3 is 1. The van der Waals surface area contributed by atoms with Crippen LogP contribution < -0.4 is 10.5 Å². The van der Waals surface area contributed by atoms with Crippen molar-refractivity contribution in [3.05, 3.63) is 52.0 Å². The van der Waals surface area contributed by atoms with E-state index in [1.54, 1.807) is 0 Å². The molecule has 0 heterocycles. The van der Waals surface area contributed by atoms with Crippen molar-refractivity contribution in [3.8, 4) is 6.07 Å². The van der Waals surface area contributed by atoms with Crippen molar-refractivity contribution in [1.82, 2.24) is 0 Å². The van der Waals surface area contributed by atoms with Gasteiger partial charge in [-0.1, -0.05) is 0 Å². The van der Waals surface area contributed by atoms with Crippen LogP contribution in [0.5, 0.6) is 0 Å². The highest BCUT2D eigenvalue weighted by atomic mass is 79.9. The zero-order chi connectivity index (χ0) is 17.9. The lowest BCUT2D eigenvalue weighted by atomic mass is 10.2. The van der Waals surface area contributed by atoms with Crippen LogP contribution in [0, 0.1) is 11.3 Å². The van der Waals surface area contributed by atoms with Gasteiger partial charge in [0.25, 0.3) is 10.0 Å². The third kappa shape index (κ3) is 3.67. The van der Waals surface area contributed by atoms with E-state index in [0.29, 0.717) is 0 Å². The Labute approximate surface area is 147 Å². The standard InChI is InChI=1S/C15H12BrN3O4S/c1-23-15(20)10-3-4-11(16)14(7-10)24(21,22)19-13-6-9(8-17)2-5-12(13)18/h2-7,19H,18H2,1H3. The van der Waals surface area contributed by atoms with Gasteiger partial charge in [0.15, 0.2) is 0 Å². The molecule has 0 bridgehead atoms. The van der Waals surface area contributed by atoms with E-state index in [1.807, 2.05) is 6.07 Å². The molecular weight excluding hydrogens is 398 g/mol. The first-order valence-electron chi connectivity index (χ1n) is 6.49. The smallest absolute Gasteiger partial charge is 0.337 e. The fourth-order valence-corrected chi connectivity index (χ4v) is 3.94. The van der Waals surface area contributed by atoms with Gasteiger partial charge in [0.1, 0.15) is 4.90 Å². The molecule has 0 radical (unpaired) electrons. The van der Waals surface area contributed by atoms with E-state index in [9.17, 15) is 13.2 Å². The van der Waals surface area contributed by atoms with Crippen molar-refractivity contribution in [1.29, 1.82) is 5.26 Å². The minimum atomic E-state index is -4.05. The number of esters is 1. The zero-order valence-electron chi connectivity index (χ0n) is 12.4. The highest BCUT2D eigenvalue weighted by Crippen LogP contribution is 2.28. The highest BCUT2D eigenvalue weighted by Gasteiger charge is 2.21. The normalized spacial score (nSPS) is 10.7. The van der Waals surface area contributed by atoms with Crippen LogP contribution in [0.4, 0.5) is 11.4 Å². The number of nitrogens with two attached hydrogens (primary N) is 1. The number of hydrogen-bond donors (Lipinski definition) is 2.